The van der Waals surface area contributed by atoms with Crippen LogP contribution in [0.25, 0.3) is 11.5 Å². The molecule has 1 aliphatic rings. The molecule has 1 fully saturated rings. The molecule has 3 rings (SSSR count). The summed E-state index contributed by atoms with van der Waals surface area (Å²) < 4.78 is 32.0. The molecule has 0 radical (unpaired) electrons. The molecule has 1 aromatic heterocycles. The monoisotopic (exact) mass is 372 g/mol. The van der Waals surface area contributed by atoms with Gasteiger partial charge < -0.3 is 10.3 Å². The lowest BCUT2D eigenvalue weighted by Gasteiger charge is -2.34. The smallest absolute Gasteiger partial charge is 0.257 e. The lowest BCUT2D eigenvalue weighted by Crippen LogP contribution is -2.44. The number of nitrogens with zero attached hydrogens (tertiary/aromatic N) is 2. The summed E-state index contributed by atoms with van der Waals surface area (Å²) in [7, 11) is -3.51. The Hall–Kier alpha value is -1.48. The predicted octanol–water partition coefficient (Wildman–Crippen LogP) is 2.18. The van der Waals surface area contributed by atoms with Crippen molar-refractivity contribution in [1.82, 2.24) is 14.9 Å². The van der Waals surface area contributed by atoms with Gasteiger partial charge in [-0.25, -0.2) is 13.1 Å². The zero-order valence-corrected chi connectivity index (χ0v) is 15.2. The van der Waals surface area contributed by atoms with Crippen molar-refractivity contribution < 1.29 is 12.9 Å². The largest absolute Gasteiger partial charge is 0.334 e. The molecule has 0 unspecified atom stereocenters. The van der Waals surface area contributed by atoms with Crippen molar-refractivity contribution in [2.45, 2.75) is 49.6 Å². The fourth-order valence-corrected chi connectivity index (χ4v) is 3.73. The first-order valence-electron chi connectivity index (χ1n) is 7.56. The molecule has 7 nitrogen and oxygen atoms in total. The number of rotatable bonds is 5. The fourth-order valence-electron chi connectivity index (χ4n) is 2.48. The number of hydrogen-bond acceptors (Lipinski definition) is 6. The van der Waals surface area contributed by atoms with Gasteiger partial charge in [0.15, 0.2) is 5.82 Å². The van der Waals surface area contributed by atoms with Crippen LogP contribution in [0.2, 0.25) is 0 Å². The Bertz CT molecular complexity index is 798. The van der Waals surface area contributed by atoms with Crippen molar-refractivity contribution in [2.75, 3.05) is 0 Å². The van der Waals surface area contributed by atoms with Gasteiger partial charge >= 0.3 is 0 Å². The van der Waals surface area contributed by atoms with Crippen molar-refractivity contribution in [3.05, 3.63) is 30.1 Å². The molecule has 0 amide bonds. The number of nitrogens with two attached hydrogens (primary N) is 1. The number of aromatic nitrogens is 2. The first kappa shape index (κ1) is 18.9. The second-order valence-electron chi connectivity index (χ2n) is 6.23. The van der Waals surface area contributed by atoms with Crippen LogP contribution in [0.3, 0.4) is 0 Å². The van der Waals surface area contributed by atoms with Crippen LogP contribution >= 0.6 is 12.4 Å². The summed E-state index contributed by atoms with van der Waals surface area (Å²) in [4.78, 5) is 4.54. The number of hydrogen-bond donors (Lipinski definition) is 2. The van der Waals surface area contributed by atoms with E-state index in [-0.39, 0.29) is 23.3 Å². The summed E-state index contributed by atoms with van der Waals surface area (Å²) in [6.07, 6.45) is 2.77. The Morgan fingerprint density at radius 2 is 1.88 bits per heavy atom. The Morgan fingerprint density at radius 3 is 2.38 bits per heavy atom. The first-order valence-corrected chi connectivity index (χ1v) is 9.04. The lowest BCUT2D eigenvalue weighted by molar-refractivity contribution is 0.229. The van der Waals surface area contributed by atoms with E-state index >= 15 is 0 Å². The topological polar surface area (TPSA) is 111 Å². The van der Waals surface area contributed by atoms with E-state index < -0.39 is 15.6 Å². The third-order valence-electron chi connectivity index (χ3n) is 3.92. The van der Waals surface area contributed by atoms with Gasteiger partial charge in [0, 0.05) is 11.6 Å². The summed E-state index contributed by atoms with van der Waals surface area (Å²) in [5.74, 6) is 0.856. The maximum atomic E-state index is 12.1. The number of sulfonamides is 1. The molecule has 2 aromatic rings. The minimum Gasteiger partial charge on any atom is -0.334 e. The van der Waals surface area contributed by atoms with Crippen LogP contribution < -0.4 is 10.5 Å². The van der Waals surface area contributed by atoms with Gasteiger partial charge in [-0.3, -0.25) is 0 Å². The van der Waals surface area contributed by atoms with Crippen molar-refractivity contribution >= 4 is 22.4 Å². The van der Waals surface area contributed by atoms with Crippen molar-refractivity contribution in [3.63, 3.8) is 0 Å². The summed E-state index contributed by atoms with van der Waals surface area (Å²) in [6, 6.07) is 6.17. The van der Waals surface area contributed by atoms with Crippen LogP contribution in [0.4, 0.5) is 0 Å². The molecule has 1 saturated carbocycles. The Kier molecular flexibility index (Phi) is 5.34. The second-order valence-corrected chi connectivity index (χ2v) is 7.95. The Balaban J connectivity index is 0.00000208. The number of halogens is 1. The van der Waals surface area contributed by atoms with Crippen LogP contribution in [-0.4, -0.2) is 24.6 Å². The van der Waals surface area contributed by atoms with Crippen molar-refractivity contribution in [1.29, 1.82) is 0 Å². The average Bonchev–Trinajstić information content (AvgIpc) is 2.93. The van der Waals surface area contributed by atoms with E-state index in [0.29, 0.717) is 17.3 Å². The summed E-state index contributed by atoms with van der Waals surface area (Å²) >= 11 is 0. The van der Waals surface area contributed by atoms with Crippen LogP contribution in [0.1, 0.15) is 38.9 Å². The molecule has 9 heteroatoms. The zero-order chi connectivity index (χ0) is 16.7. The quantitative estimate of drug-likeness (QED) is 0.832. The van der Waals surface area contributed by atoms with E-state index in [9.17, 15) is 8.42 Å². The molecular weight excluding hydrogens is 352 g/mol. The highest BCUT2D eigenvalue weighted by Gasteiger charge is 2.39. The average molecular weight is 373 g/mol. The molecule has 0 atom stereocenters. The maximum Gasteiger partial charge on any atom is 0.257 e. The molecule has 1 heterocycles. The van der Waals surface area contributed by atoms with E-state index in [1.807, 2.05) is 0 Å². The fraction of sp³-hybridized carbons (Fsp3) is 0.467. The van der Waals surface area contributed by atoms with Gasteiger partial charge in [0.1, 0.15) is 0 Å². The van der Waals surface area contributed by atoms with Gasteiger partial charge in [-0.15, -0.1) is 12.4 Å². The summed E-state index contributed by atoms with van der Waals surface area (Å²) in [5, 5.41) is 3.96. The first-order chi connectivity index (χ1) is 10.8. The molecule has 0 bridgehead atoms. The summed E-state index contributed by atoms with van der Waals surface area (Å²) in [5.41, 5.74) is 6.35. The highest BCUT2D eigenvalue weighted by molar-refractivity contribution is 7.89. The third-order valence-corrected chi connectivity index (χ3v) is 5.59. The van der Waals surface area contributed by atoms with Crippen LogP contribution in [-0.2, 0) is 15.6 Å². The summed E-state index contributed by atoms with van der Waals surface area (Å²) in [6.45, 7) is 3.55. The van der Waals surface area contributed by atoms with E-state index in [1.54, 1.807) is 26.0 Å². The second kappa shape index (κ2) is 6.79. The van der Waals surface area contributed by atoms with Crippen LogP contribution in [0, 0.1) is 0 Å². The normalized spacial score (nSPS) is 16.5. The van der Waals surface area contributed by atoms with Crippen molar-refractivity contribution in [2.24, 2.45) is 5.73 Å². The molecule has 3 N–H and O–H groups in total. The molecular formula is C15H21ClN4O3S. The molecule has 0 aliphatic heterocycles. The maximum absolute atomic E-state index is 12.1. The standard InChI is InChI=1S/C15H20N4O3S.ClH/c1-10(2)19-23(20,21)12-6-4-11(5-7-12)13-17-14(18-22-13)15(16)8-3-9-15;/h4-7,10,19H,3,8-9,16H2,1-2H3;1H. The van der Waals surface area contributed by atoms with E-state index in [2.05, 4.69) is 14.9 Å². The highest BCUT2D eigenvalue weighted by atomic mass is 35.5. The van der Waals surface area contributed by atoms with Gasteiger partial charge in [0.25, 0.3) is 5.89 Å². The van der Waals surface area contributed by atoms with Gasteiger partial charge in [0.05, 0.1) is 10.4 Å². The molecule has 132 valence electrons. The molecule has 1 aliphatic carbocycles. The van der Waals surface area contributed by atoms with E-state index in [4.69, 9.17) is 10.3 Å². The number of benzene rings is 1. The molecule has 0 saturated heterocycles. The van der Waals surface area contributed by atoms with Gasteiger partial charge in [0.2, 0.25) is 10.0 Å². The Morgan fingerprint density at radius 1 is 1.25 bits per heavy atom. The minimum atomic E-state index is -3.51. The SMILES string of the molecule is CC(C)NS(=O)(=O)c1ccc(-c2nc(C3(N)CCC3)no2)cc1.Cl. The predicted molar refractivity (Wildman–Crippen MR) is 92.2 cm³/mol. The van der Waals surface area contributed by atoms with Crippen LogP contribution in [0.5, 0.6) is 0 Å². The van der Waals surface area contributed by atoms with Crippen LogP contribution in [0.15, 0.2) is 33.7 Å². The molecule has 0 spiro atoms. The zero-order valence-electron chi connectivity index (χ0n) is 13.5. The third kappa shape index (κ3) is 3.61. The van der Waals surface area contributed by atoms with E-state index in [1.165, 1.54) is 12.1 Å². The number of nitrogens with one attached hydrogen (secondary N) is 1. The Labute approximate surface area is 147 Å². The van der Waals surface area contributed by atoms with Gasteiger partial charge in [-0.2, -0.15) is 4.98 Å². The van der Waals surface area contributed by atoms with E-state index in [0.717, 1.165) is 19.3 Å². The minimum absolute atomic E-state index is 0. The molecule has 1 aromatic carbocycles. The van der Waals surface area contributed by atoms with Gasteiger partial charge in [-0.05, 0) is 57.4 Å². The highest BCUT2D eigenvalue weighted by Crippen LogP contribution is 2.37. The lowest BCUT2D eigenvalue weighted by atomic mass is 9.77. The van der Waals surface area contributed by atoms with Gasteiger partial charge in [-0.1, -0.05) is 5.16 Å². The van der Waals surface area contributed by atoms with Crippen molar-refractivity contribution in [3.8, 4) is 11.5 Å². The molecule has 24 heavy (non-hydrogen) atoms.